The first-order valence-electron chi connectivity index (χ1n) is 7.08. The van der Waals surface area contributed by atoms with E-state index in [1.165, 1.54) is 25.7 Å². The van der Waals surface area contributed by atoms with Crippen LogP contribution in [0.3, 0.4) is 0 Å². The Morgan fingerprint density at radius 3 is 2.59 bits per heavy atom. The maximum Gasteiger partial charge on any atom is 0.0897 e. The first kappa shape index (κ1) is 14.9. The van der Waals surface area contributed by atoms with E-state index >= 15 is 0 Å². The average Bonchev–Trinajstić information content (AvgIpc) is 2.27. The summed E-state index contributed by atoms with van der Waals surface area (Å²) < 4.78 is 5.43. The molecule has 0 amide bonds. The Bertz CT molecular complexity index is 197. The van der Waals surface area contributed by atoms with Gasteiger partial charge in [-0.3, -0.25) is 0 Å². The normalized spacial score (nSPS) is 27.4. The van der Waals surface area contributed by atoms with Gasteiger partial charge in [-0.05, 0) is 24.7 Å². The van der Waals surface area contributed by atoms with Gasteiger partial charge in [-0.2, -0.15) is 0 Å². The van der Waals surface area contributed by atoms with Crippen molar-refractivity contribution in [2.24, 2.45) is 11.8 Å². The lowest BCUT2D eigenvalue weighted by Crippen LogP contribution is -2.42. The molecule has 102 valence electrons. The molecule has 1 saturated carbocycles. The van der Waals surface area contributed by atoms with E-state index in [1.54, 1.807) is 0 Å². The summed E-state index contributed by atoms with van der Waals surface area (Å²) in [5.41, 5.74) is 0. The lowest BCUT2D eigenvalue weighted by molar-refractivity contribution is 0.0235. The number of aliphatic hydroxyl groups is 1. The van der Waals surface area contributed by atoms with Gasteiger partial charge in [0.05, 0.1) is 12.7 Å². The van der Waals surface area contributed by atoms with E-state index in [1.807, 2.05) is 0 Å². The van der Waals surface area contributed by atoms with E-state index in [0.29, 0.717) is 25.1 Å². The molecular weight excluding hydrogens is 214 g/mol. The van der Waals surface area contributed by atoms with Gasteiger partial charge >= 0.3 is 0 Å². The molecule has 1 rings (SSSR count). The molecule has 0 bridgehead atoms. The molecule has 0 aromatic carbocycles. The fraction of sp³-hybridized carbons (Fsp3) is 1.00. The van der Waals surface area contributed by atoms with Gasteiger partial charge in [0, 0.05) is 19.2 Å². The van der Waals surface area contributed by atoms with Crippen LogP contribution in [0.25, 0.3) is 0 Å². The van der Waals surface area contributed by atoms with E-state index in [9.17, 15) is 5.11 Å². The van der Waals surface area contributed by atoms with Crippen LogP contribution in [-0.2, 0) is 4.74 Å². The van der Waals surface area contributed by atoms with Crippen molar-refractivity contribution in [3.8, 4) is 0 Å². The second-order valence-electron chi connectivity index (χ2n) is 5.86. The third-order valence-electron chi connectivity index (χ3n) is 3.49. The lowest BCUT2D eigenvalue weighted by Gasteiger charge is -2.30. The van der Waals surface area contributed by atoms with Crippen LogP contribution in [0.2, 0.25) is 0 Å². The predicted molar refractivity (Wildman–Crippen MR) is 71.1 cm³/mol. The molecule has 2 N–H and O–H groups in total. The molecule has 0 spiro atoms. The monoisotopic (exact) mass is 243 g/mol. The van der Waals surface area contributed by atoms with Crippen LogP contribution in [0.1, 0.15) is 46.5 Å². The number of hydrogen-bond donors (Lipinski definition) is 2. The minimum atomic E-state index is -0.372. The molecule has 0 radical (unpaired) electrons. The molecule has 3 heteroatoms. The smallest absolute Gasteiger partial charge is 0.0897 e. The summed E-state index contributed by atoms with van der Waals surface area (Å²) >= 11 is 0. The Kier molecular flexibility index (Phi) is 7.09. The summed E-state index contributed by atoms with van der Waals surface area (Å²) in [6, 6.07) is 0.587. The fourth-order valence-electron chi connectivity index (χ4n) is 2.41. The Balaban J connectivity index is 2.07. The predicted octanol–water partition coefficient (Wildman–Crippen LogP) is 2.19. The van der Waals surface area contributed by atoms with E-state index < -0.39 is 0 Å². The summed E-state index contributed by atoms with van der Waals surface area (Å²) in [6.07, 6.45) is 4.88. The SMILES string of the molecule is CC(C)COCC(O)CNC1CCCCC1C. The van der Waals surface area contributed by atoms with Crippen LogP contribution >= 0.6 is 0 Å². The van der Waals surface area contributed by atoms with E-state index in [0.717, 1.165) is 12.5 Å². The van der Waals surface area contributed by atoms with Crippen molar-refractivity contribution in [2.45, 2.75) is 58.6 Å². The maximum absolute atomic E-state index is 9.79. The molecular formula is C14H29NO2. The Labute approximate surface area is 106 Å². The highest BCUT2D eigenvalue weighted by Crippen LogP contribution is 2.23. The molecule has 1 fully saturated rings. The van der Waals surface area contributed by atoms with E-state index in [-0.39, 0.29) is 6.10 Å². The standard InChI is InChI=1S/C14H29NO2/c1-11(2)9-17-10-13(16)8-15-14-7-5-4-6-12(14)3/h11-16H,4-10H2,1-3H3. The van der Waals surface area contributed by atoms with Gasteiger partial charge in [0.25, 0.3) is 0 Å². The molecule has 0 heterocycles. The molecule has 0 aromatic heterocycles. The van der Waals surface area contributed by atoms with Crippen molar-refractivity contribution < 1.29 is 9.84 Å². The highest BCUT2D eigenvalue weighted by atomic mass is 16.5. The van der Waals surface area contributed by atoms with Crippen LogP contribution in [0, 0.1) is 11.8 Å². The molecule has 3 nitrogen and oxygen atoms in total. The quantitative estimate of drug-likeness (QED) is 0.720. The van der Waals surface area contributed by atoms with E-state index in [2.05, 4.69) is 26.1 Å². The first-order chi connectivity index (χ1) is 8.09. The highest BCUT2D eigenvalue weighted by Gasteiger charge is 2.21. The van der Waals surface area contributed by atoms with Crippen molar-refractivity contribution in [1.82, 2.24) is 5.32 Å². The van der Waals surface area contributed by atoms with Crippen molar-refractivity contribution >= 4 is 0 Å². The summed E-state index contributed by atoms with van der Waals surface area (Å²) in [7, 11) is 0. The highest BCUT2D eigenvalue weighted by molar-refractivity contribution is 4.78. The summed E-state index contributed by atoms with van der Waals surface area (Å²) in [5, 5.41) is 13.3. The van der Waals surface area contributed by atoms with Crippen LogP contribution in [0.4, 0.5) is 0 Å². The van der Waals surface area contributed by atoms with Crippen molar-refractivity contribution in [1.29, 1.82) is 0 Å². The van der Waals surface area contributed by atoms with Gasteiger partial charge in [0.2, 0.25) is 0 Å². The number of hydrogen-bond acceptors (Lipinski definition) is 3. The first-order valence-corrected chi connectivity index (χ1v) is 7.08. The zero-order valence-corrected chi connectivity index (χ0v) is 11.6. The maximum atomic E-state index is 9.79. The zero-order valence-electron chi connectivity index (χ0n) is 11.6. The summed E-state index contributed by atoms with van der Waals surface area (Å²) in [5.74, 6) is 1.28. The third-order valence-corrected chi connectivity index (χ3v) is 3.49. The summed E-state index contributed by atoms with van der Waals surface area (Å²) in [4.78, 5) is 0. The van der Waals surface area contributed by atoms with Gasteiger partial charge < -0.3 is 15.2 Å². The third kappa shape index (κ3) is 6.39. The minimum Gasteiger partial charge on any atom is -0.389 e. The number of ether oxygens (including phenoxy) is 1. The van der Waals surface area contributed by atoms with Crippen molar-refractivity contribution in [2.75, 3.05) is 19.8 Å². The largest absolute Gasteiger partial charge is 0.389 e. The Morgan fingerprint density at radius 2 is 1.94 bits per heavy atom. The van der Waals surface area contributed by atoms with Gasteiger partial charge in [0.15, 0.2) is 0 Å². The van der Waals surface area contributed by atoms with Crippen LogP contribution in [0.15, 0.2) is 0 Å². The number of nitrogens with one attached hydrogen (secondary N) is 1. The van der Waals surface area contributed by atoms with E-state index in [4.69, 9.17) is 4.74 Å². The molecule has 1 aliphatic carbocycles. The number of aliphatic hydroxyl groups excluding tert-OH is 1. The van der Waals surface area contributed by atoms with Crippen molar-refractivity contribution in [3.63, 3.8) is 0 Å². The molecule has 3 atom stereocenters. The second-order valence-corrected chi connectivity index (χ2v) is 5.86. The Morgan fingerprint density at radius 1 is 1.24 bits per heavy atom. The second kappa shape index (κ2) is 8.06. The van der Waals surface area contributed by atoms with Gasteiger partial charge in [-0.15, -0.1) is 0 Å². The van der Waals surface area contributed by atoms with Gasteiger partial charge in [-0.1, -0.05) is 33.6 Å². The average molecular weight is 243 g/mol. The zero-order chi connectivity index (χ0) is 12.7. The minimum absolute atomic E-state index is 0.372. The van der Waals surface area contributed by atoms with Gasteiger partial charge in [0.1, 0.15) is 0 Å². The van der Waals surface area contributed by atoms with Crippen LogP contribution in [-0.4, -0.2) is 37.0 Å². The molecule has 3 unspecified atom stereocenters. The topological polar surface area (TPSA) is 41.5 Å². The Hall–Kier alpha value is -0.120. The molecule has 17 heavy (non-hydrogen) atoms. The van der Waals surface area contributed by atoms with Gasteiger partial charge in [-0.25, -0.2) is 0 Å². The molecule has 0 saturated heterocycles. The fourth-order valence-corrected chi connectivity index (χ4v) is 2.41. The lowest BCUT2D eigenvalue weighted by atomic mass is 9.86. The molecule has 0 aromatic rings. The molecule has 0 aliphatic heterocycles. The summed E-state index contributed by atoms with van der Waals surface area (Å²) in [6.45, 7) is 8.39. The van der Waals surface area contributed by atoms with Crippen LogP contribution < -0.4 is 5.32 Å². The van der Waals surface area contributed by atoms with Crippen molar-refractivity contribution in [3.05, 3.63) is 0 Å². The van der Waals surface area contributed by atoms with Crippen LogP contribution in [0.5, 0.6) is 0 Å². The number of rotatable bonds is 7. The molecule has 1 aliphatic rings.